The van der Waals surface area contributed by atoms with Crippen molar-refractivity contribution in [3.05, 3.63) is 64.7 Å². The van der Waals surface area contributed by atoms with Crippen LogP contribution in [0.4, 0.5) is 0 Å². The molecular weight excluding hydrogens is 382 g/mol. The highest BCUT2D eigenvalue weighted by atomic mass is 16.5. The largest absolute Gasteiger partial charge is 0.507 e. The van der Waals surface area contributed by atoms with E-state index in [-0.39, 0.29) is 11.3 Å². The fraction of sp³-hybridized carbons (Fsp3) is 0.333. The van der Waals surface area contributed by atoms with Crippen LogP contribution < -0.4 is 9.47 Å². The summed E-state index contributed by atoms with van der Waals surface area (Å²) in [7, 11) is 3.04. The van der Waals surface area contributed by atoms with Gasteiger partial charge >= 0.3 is 0 Å². The minimum atomic E-state index is -0.761. The van der Waals surface area contributed by atoms with Crippen molar-refractivity contribution in [2.24, 2.45) is 0 Å². The van der Waals surface area contributed by atoms with E-state index in [0.717, 1.165) is 18.4 Å². The van der Waals surface area contributed by atoms with E-state index in [4.69, 9.17) is 9.47 Å². The first-order chi connectivity index (χ1) is 14.4. The molecule has 0 bridgehead atoms. The number of ketones is 1. The van der Waals surface area contributed by atoms with Crippen LogP contribution in [0, 0.1) is 6.92 Å². The zero-order valence-electron chi connectivity index (χ0n) is 17.8. The number of Topliss-reactive ketones (excluding diaryl/α,β-unsaturated/α-hetero) is 1. The lowest BCUT2D eigenvalue weighted by atomic mass is 9.94. The standard InChI is InChI=1S/C24H27NO5/c1-5-6-14-25-20(17-8-7-9-18(29-3)23(17)30-4)19(22(27)24(25)28)21(26)16-12-10-15(2)11-13-16/h7-13,20,26H,5-6,14H2,1-4H3/b21-19+. The number of benzene rings is 2. The Kier molecular flexibility index (Phi) is 6.45. The van der Waals surface area contributed by atoms with E-state index in [1.54, 1.807) is 30.3 Å². The highest BCUT2D eigenvalue weighted by Crippen LogP contribution is 2.45. The van der Waals surface area contributed by atoms with E-state index < -0.39 is 17.7 Å². The number of para-hydroxylation sites is 1. The maximum atomic E-state index is 13.0. The SMILES string of the molecule is CCCCN1C(=O)C(=O)/C(=C(/O)c2ccc(C)cc2)C1c1cccc(OC)c1OC. The minimum Gasteiger partial charge on any atom is -0.507 e. The summed E-state index contributed by atoms with van der Waals surface area (Å²) in [6, 6.07) is 11.7. The van der Waals surface area contributed by atoms with E-state index in [2.05, 4.69) is 0 Å². The lowest BCUT2D eigenvalue weighted by molar-refractivity contribution is -0.139. The fourth-order valence-electron chi connectivity index (χ4n) is 3.76. The third-order valence-corrected chi connectivity index (χ3v) is 5.35. The van der Waals surface area contributed by atoms with Gasteiger partial charge in [0.15, 0.2) is 11.5 Å². The van der Waals surface area contributed by atoms with Crippen LogP contribution in [0.25, 0.3) is 5.76 Å². The van der Waals surface area contributed by atoms with Gasteiger partial charge in [-0.2, -0.15) is 0 Å². The third kappa shape index (κ3) is 3.77. The van der Waals surface area contributed by atoms with Crippen molar-refractivity contribution >= 4 is 17.4 Å². The van der Waals surface area contributed by atoms with Crippen molar-refractivity contribution in [3.63, 3.8) is 0 Å². The van der Waals surface area contributed by atoms with Crippen molar-refractivity contribution in [1.29, 1.82) is 0 Å². The zero-order valence-corrected chi connectivity index (χ0v) is 17.8. The fourth-order valence-corrected chi connectivity index (χ4v) is 3.76. The lowest BCUT2D eigenvalue weighted by Gasteiger charge is -2.27. The van der Waals surface area contributed by atoms with Gasteiger partial charge in [0, 0.05) is 17.7 Å². The van der Waals surface area contributed by atoms with Crippen LogP contribution in [-0.4, -0.2) is 42.5 Å². The van der Waals surface area contributed by atoms with Gasteiger partial charge in [0.25, 0.3) is 11.7 Å². The number of carbonyl (C=O) groups is 2. The second-order valence-corrected chi connectivity index (χ2v) is 7.29. The Morgan fingerprint density at radius 2 is 1.77 bits per heavy atom. The number of hydrogen-bond donors (Lipinski definition) is 1. The Bertz CT molecular complexity index is 978. The number of unbranched alkanes of at least 4 members (excludes halogenated alkanes) is 1. The molecule has 6 heteroatoms. The molecule has 2 aromatic carbocycles. The molecule has 0 spiro atoms. The Morgan fingerprint density at radius 1 is 1.07 bits per heavy atom. The summed E-state index contributed by atoms with van der Waals surface area (Å²) in [6.45, 7) is 4.36. The number of ether oxygens (including phenoxy) is 2. The van der Waals surface area contributed by atoms with Crippen molar-refractivity contribution in [1.82, 2.24) is 4.90 Å². The van der Waals surface area contributed by atoms with E-state index in [1.807, 2.05) is 26.0 Å². The number of carbonyl (C=O) groups excluding carboxylic acids is 2. The van der Waals surface area contributed by atoms with Crippen molar-refractivity contribution < 1.29 is 24.2 Å². The molecule has 0 aromatic heterocycles. The second kappa shape index (κ2) is 9.03. The Labute approximate surface area is 176 Å². The molecule has 158 valence electrons. The number of nitrogens with zero attached hydrogens (tertiary/aromatic N) is 1. The number of aryl methyl sites for hydroxylation is 1. The second-order valence-electron chi connectivity index (χ2n) is 7.29. The van der Waals surface area contributed by atoms with E-state index in [0.29, 0.717) is 29.2 Å². The van der Waals surface area contributed by atoms with Crippen LogP contribution in [0.1, 0.15) is 42.5 Å². The highest BCUT2D eigenvalue weighted by molar-refractivity contribution is 6.46. The Morgan fingerprint density at radius 3 is 2.37 bits per heavy atom. The van der Waals surface area contributed by atoms with Crippen molar-refractivity contribution in [2.45, 2.75) is 32.7 Å². The predicted octanol–water partition coefficient (Wildman–Crippen LogP) is 4.23. The maximum absolute atomic E-state index is 13.0. The molecule has 2 aromatic rings. The molecule has 1 heterocycles. The highest BCUT2D eigenvalue weighted by Gasteiger charge is 2.47. The van der Waals surface area contributed by atoms with Crippen LogP contribution in [0.3, 0.4) is 0 Å². The third-order valence-electron chi connectivity index (χ3n) is 5.35. The molecule has 1 atom stereocenters. The quantitative estimate of drug-likeness (QED) is 0.421. The van der Waals surface area contributed by atoms with E-state index >= 15 is 0 Å². The van der Waals surface area contributed by atoms with Crippen LogP contribution in [-0.2, 0) is 9.59 Å². The summed E-state index contributed by atoms with van der Waals surface area (Å²) < 4.78 is 11.0. The maximum Gasteiger partial charge on any atom is 0.295 e. The first kappa shape index (κ1) is 21.4. The molecule has 6 nitrogen and oxygen atoms in total. The number of likely N-dealkylation sites (tertiary alicyclic amines) is 1. The summed E-state index contributed by atoms with van der Waals surface area (Å²) in [5.41, 5.74) is 2.18. The van der Waals surface area contributed by atoms with Gasteiger partial charge in [-0.1, -0.05) is 55.3 Å². The number of amides is 1. The van der Waals surface area contributed by atoms with Gasteiger partial charge in [-0.3, -0.25) is 9.59 Å². The van der Waals surface area contributed by atoms with Gasteiger partial charge in [0.1, 0.15) is 5.76 Å². The van der Waals surface area contributed by atoms with Gasteiger partial charge in [0.05, 0.1) is 25.8 Å². The van der Waals surface area contributed by atoms with Crippen LogP contribution in [0.2, 0.25) is 0 Å². The average molecular weight is 409 g/mol. The average Bonchev–Trinajstić information content (AvgIpc) is 3.01. The summed E-state index contributed by atoms with van der Waals surface area (Å²) in [6.07, 6.45) is 1.60. The molecule has 1 unspecified atom stereocenters. The molecule has 1 fully saturated rings. The van der Waals surface area contributed by atoms with Crippen molar-refractivity contribution in [3.8, 4) is 11.5 Å². The molecule has 1 N–H and O–H groups in total. The van der Waals surface area contributed by atoms with Gasteiger partial charge in [-0.25, -0.2) is 0 Å². The van der Waals surface area contributed by atoms with E-state index in [1.165, 1.54) is 19.1 Å². The summed E-state index contributed by atoms with van der Waals surface area (Å²) in [5.74, 6) is -0.581. The number of methoxy groups -OCH3 is 2. The summed E-state index contributed by atoms with van der Waals surface area (Å²) >= 11 is 0. The topological polar surface area (TPSA) is 76.1 Å². The molecule has 1 amide bonds. The first-order valence-corrected chi connectivity index (χ1v) is 10.0. The molecule has 0 aliphatic carbocycles. The molecule has 1 aliphatic rings. The molecule has 1 saturated heterocycles. The number of aliphatic hydroxyl groups is 1. The van der Waals surface area contributed by atoms with Gasteiger partial charge in [-0.15, -0.1) is 0 Å². The Balaban J connectivity index is 2.24. The molecule has 0 radical (unpaired) electrons. The minimum absolute atomic E-state index is 0.0616. The molecule has 30 heavy (non-hydrogen) atoms. The van der Waals surface area contributed by atoms with Gasteiger partial charge < -0.3 is 19.5 Å². The predicted molar refractivity (Wildman–Crippen MR) is 115 cm³/mol. The van der Waals surface area contributed by atoms with Crippen LogP contribution in [0.5, 0.6) is 11.5 Å². The molecule has 1 aliphatic heterocycles. The van der Waals surface area contributed by atoms with Crippen LogP contribution in [0.15, 0.2) is 48.0 Å². The number of rotatable bonds is 7. The molecular formula is C24H27NO5. The first-order valence-electron chi connectivity index (χ1n) is 10.0. The van der Waals surface area contributed by atoms with Crippen LogP contribution >= 0.6 is 0 Å². The van der Waals surface area contributed by atoms with Crippen molar-refractivity contribution in [2.75, 3.05) is 20.8 Å². The number of hydrogen-bond acceptors (Lipinski definition) is 5. The smallest absolute Gasteiger partial charge is 0.295 e. The normalized spacial score (nSPS) is 18.0. The zero-order chi connectivity index (χ0) is 21.8. The van der Waals surface area contributed by atoms with Gasteiger partial charge in [-0.05, 0) is 19.4 Å². The van der Waals surface area contributed by atoms with Gasteiger partial charge in [0.2, 0.25) is 0 Å². The Hall–Kier alpha value is -3.28. The van der Waals surface area contributed by atoms with E-state index in [9.17, 15) is 14.7 Å². The number of aliphatic hydroxyl groups excluding tert-OH is 1. The lowest BCUT2D eigenvalue weighted by Crippen LogP contribution is -2.30. The molecule has 3 rings (SSSR count). The molecule has 0 saturated carbocycles. The summed E-state index contributed by atoms with van der Waals surface area (Å²) in [4.78, 5) is 27.4. The summed E-state index contributed by atoms with van der Waals surface area (Å²) in [5, 5.41) is 11.1. The monoisotopic (exact) mass is 409 g/mol.